The second-order valence-corrected chi connectivity index (χ2v) is 4.65. The van der Waals surface area contributed by atoms with E-state index in [0.29, 0.717) is 39.2 Å². The summed E-state index contributed by atoms with van der Waals surface area (Å²) in [7, 11) is 1.56. The Morgan fingerprint density at radius 3 is 2.60 bits per heavy atom. The minimum absolute atomic E-state index is 0.152. The molecule has 7 heteroatoms. The third-order valence-corrected chi connectivity index (χ3v) is 3.26. The number of nitrogens with one attached hydrogen (secondary N) is 2. The van der Waals surface area contributed by atoms with E-state index in [4.69, 9.17) is 9.47 Å². The first-order valence-corrected chi connectivity index (χ1v) is 6.67. The number of rotatable bonds is 7. The predicted molar refractivity (Wildman–Crippen MR) is 70.6 cm³/mol. The van der Waals surface area contributed by atoms with E-state index in [1.165, 1.54) is 0 Å². The molecule has 1 rings (SSSR count). The van der Waals surface area contributed by atoms with Crippen LogP contribution in [0.2, 0.25) is 0 Å². The molecule has 0 atom stereocenters. The van der Waals surface area contributed by atoms with E-state index in [9.17, 15) is 14.9 Å². The van der Waals surface area contributed by atoms with Crippen LogP contribution in [0.15, 0.2) is 0 Å². The summed E-state index contributed by atoms with van der Waals surface area (Å²) >= 11 is 0. The van der Waals surface area contributed by atoms with Gasteiger partial charge in [0, 0.05) is 39.8 Å². The number of carbonyl (C=O) groups excluding carboxylic acids is 2. The highest BCUT2D eigenvalue weighted by Gasteiger charge is 2.40. The lowest BCUT2D eigenvalue weighted by Gasteiger charge is -2.29. The molecule has 1 saturated heterocycles. The Hall–Kier alpha value is -1.65. The van der Waals surface area contributed by atoms with Crippen molar-refractivity contribution in [3.05, 3.63) is 0 Å². The van der Waals surface area contributed by atoms with Gasteiger partial charge in [0.1, 0.15) is 5.41 Å². The lowest BCUT2D eigenvalue weighted by molar-refractivity contribution is -0.132. The Kier molecular flexibility index (Phi) is 6.98. The van der Waals surface area contributed by atoms with Crippen LogP contribution in [0.1, 0.15) is 19.3 Å². The molecule has 0 aromatic carbocycles. The second kappa shape index (κ2) is 8.51. The Bertz CT molecular complexity index is 372. The van der Waals surface area contributed by atoms with Gasteiger partial charge in [0.25, 0.3) is 0 Å². The van der Waals surface area contributed by atoms with Gasteiger partial charge in [-0.25, -0.2) is 0 Å². The minimum Gasteiger partial charge on any atom is -0.383 e. The van der Waals surface area contributed by atoms with Crippen molar-refractivity contribution >= 4 is 11.8 Å². The summed E-state index contributed by atoms with van der Waals surface area (Å²) in [6.07, 6.45) is 0.984. The fourth-order valence-electron chi connectivity index (χ4n) is 1.95. The van der Waals surface area contributed by atoms with Gasteiger partial charge in [0.15, 0.2) is 0 Å². The first-order chi connectivity index (χ1) is 9.64. The summed E-state index contributed by atoms with van der Waals surface area (Å²) in [5.74, 6) is -0.465. The van der Waals surface area contributed by atoms with E-state index in [-0.39, 0.29) is 24.8 Å². The van der Waals surface area contributed by atoms with E-state index in [0.717, 1.165) is 0 Å². The molecule has 1 heterocycles. The first kappa shape index (κ1) is 16.4. The largest absolute Gasteiger partial charge is 0.383 e. The zero-order valence-electron chi connectivity index (χ0n) is 11.7. The van der Waals surface area contributed by atoms with Gasteiger partial charge in [-0.3, -0.25) is 9.59 Å². The minimum atomic E-state index is -1.01. The molecule has 1 aliphatic rings. The maximum absolute atomic E-state index is 12.1. The maximum Gasteiger partial charge on any atom is 0.240 e. The number of methoxy groups -OCH3 is 1. The highest BCUT2D eigenvalue weighted by molar-refractivity contribution is 5.86. The summed E-state index contributed by atoms with van der Waals surface area (Å²) in [6, 6.07) is 2.09. The number of nitrogens with zero attached hydrogens (tertiary/aromatic N) is 1. The van der Waals surface area contributed by atoms with Crippen LogP contribution in [0.25, 0.3) is 0 Å². The van der Waals surface area contributed by atoms with Crippen molar-refractivity contribution < 1.29 is 19.1 Å². The summed E-state index contributed by atoms with van der Waals surface area (Å²) < 4.78 is 9.98. The molecule has 0 aromatic heterocycles. The van der Waals surface area contributed by atoms with Crippen molar-refractivity contribution in [2.24, 2.45) is 5.41 Å². The molecule has 1 fully saturated rings. The molecule has 0 spiro atoms. The zero-order valence-corrected chi connectivity index (χ0v) is 11.7. The fourth-order valence-corrected chi connectivity index (χ4v) is 1.95. The average molecular weight is 283 g/mol. The number of hydrogen-bond donors (Lipinski definition) is 2. The Balaban J connectivity index is 2.28. The molecule has 0 aliphatic carbocycles. The highest BCUT2D eigenvalue weighted by Crippen LogP contribution is 2.29. The molecule has 0 radical (unpaired) electrons. The standard InChI is InChI=1S/C13H21N3O4/c1-19-9-6-15-11(17)2-5-16-12(18)13(10-14)3-7-20-8-4-13/h2-9H2,1H3,(H,15,17)(H,16,18). The lowest BCUT2D eigenvalue weighted by atomic mass is 9.81. The third kappa shape index (κ3) is 4.79. The monoisotopic (exact) mass is 283 g/mol. The maximum atomic E-state index is 12.1. The zero-order chi connectivity index (χ0) is 14.8. The van der Waals surface area contributed by atoms with Crippen LogP contribution in [0.4, 0.5) is 0 Å². The van der Waals surface area contributed by atoms with Crippen molar-refractivity contribution in [1.29, 1.82) is 5.26 Å². The van der Waals surface area contributed by atoms with E-state index >= 15 is 0 Å². The second-order valence-electron chi connectivity index (χ2n) is 4.65. The Morgan fingerprint density at radius 1 is 1.30 bits per heavy atom. The van der Waals surface area contributed by atoms with E-state index in [1.54, 1.807) is 7.11 Å². The Labute approximate surface area is 118 Å². The van der Waals surface area contributed by atoms with Gasteiger partial charge >= 0.3 is 0 Å². The van der Waals surface area contributed by atoms with Crippen LogP contribution in [0, 0.1) is 16.7 Å². The molecule has 2 N–H and O–H groups in total. The van der Waals surface area contributed by atoms with Crippen molar-refractivity contribution in [3.8, 4) is 6.07 Å². The van der Waals surface area contributed by atoms with Crippen molar-refractivity contribution in [3.63, 3.8) is 0 Å². The topological polar surface area (TPSA) is 100 Å². The SMILES string of the molecule is COCCNC(=O)CCNC(=O)C1(C#N)CCOCC1. The molecule has 1 aliphatic heterocycles. The molecule has 0 unspecified atom stereocenters. The Morgan fingerprint density at radius 2 is 2.00 bits per heavy atom. The number of hydrogen-bond acceptors (Lipinski definition) is 5. The molecule has 7 nitrogen and oxygen atoms in total. The number of ether oxygens (including phenoxy) is 2. The number of nitriles is 1. The first-order valence-electron chi connectivity index (χ1n) is 6.67. The highest BCUT2D eigenvalue weighted by atomic mass is 16.5. The van der Waals surface area contributed by atoms with E-state index in [1.807, 2.05) is 0 Å². The molecule has 0 aromatic rings. The quantitative estimate of drug-likeness (QED) is 0.618. The smallest absolute Gasteiger partial charge is 0.240 e. The molecule has 0 saturated carbocycles. The van der Waals surface area contributed by atoms with Crippen molar-refractivity contribution in [1.82, 2.24) is 10.6 Å². The molecule has 2 amide bonds. The van der Waals surface area contributed by atoms with E-state index in [2.05, 4.69) is 16.7 Å². The molecular weight excluding hydrogens is 262 g/mol. The van der Waals surface area contributed by atoms with Crippen LogP contribution in [0.5, 0.6) is 0 Å². The van der Waals surface area contributed by atoms with Crippen LogP contribution in [-0.2, 0) is 19.1 Å². The van der Waals surface area contributed by atoms with Crippen LogP contribution in [0.3, 0.4) is 0 Å². The van der Waals surface area contributed by atoms with Crippen molar-refractivity contribution in [2.45, 2.75) is 19.3 Å². The summed E-state index contributed by atoms with van der Waals surface area (Å²) in [4.78, 5) is 23.5. The van der Waals surface area contributed by atoms with E-state index < -0.39 is 5.41 Å². The van der Waals surface area contributed by atoms with Gasteiger partial charge < -0.3 is 20.1 Å². The number of amides is 2. The normalized spacial score (nSPS) is 17.0. The van der Waals surface area contributed by atoms with Gasteiger partial charge in [-0.05, 0) is 12.8 Å². The molecule has 112 valence electrons. The molecular formula is C13H21N3O4. The summed E-state index contributed by atoms with van der Waals surface area (Å²) in [5, 5.41) is 14.5. The van der Waals surface area contributed by atoms with Crippen LogP contribution in [-0.4, -0.2) is 51.8 Å². The van der Waals surface area contributed by atoms with Gasteiger partial charge in [-0.2, -0.15) is 5.26 Å². The van der Waals surface area contributed by atoms with Crippen LogP contribution < -0.4 is 10.6 Å². The summed E-state index contributed by atoms with van der Waals surface area (Å²) in [5.41, 5.74) is -1.01. The van der Waals surface area contributed by atoms with Gasteiger partial charge in [-0.15, -0.1) is 0 Å². The number of carbonyl (C=O) groups is 2. The molecule has 0 bridgehead atoms. The summed E-state index contributed by atoms with van der Waals surface area (Å²) in [6.45, 7) is 1.96. The third-order valence-electron chi connectivity index (χ3n) is 3.26. The van der Waals surface area contributed by atoms with Gasteiger partial charge in [0.2, 0.25) is 11.8 Å². The fraction of sp³-hybridized carbons (Fsp3) is 0.769. The molecule has 20 heavy (non-hydrogen) atoms. The lowest BCUT2D eigenvalue weighted by Crippen LogP contribution is -2.44. The van der Waals surface area contributed by atoms with Crippen molar-refractivity contribution in [2.75, 3.05) is 40.0 Å². The predicted octanol–water partition coefficient (Wildman–Crippen LogP) is -0.424. The van der Waals surface area contributed by atoms with Gasteiger partial charge in [-0.1, -0.05) is 0 Å². The van der Waals surface area contributed by atoms with Gasteiger partial charge in [0.05, 0.1) is 12.7 Å². The average Bonchev–Trinajstić information content (AvgIpc) is 2.48. The van der Waals surface area contributed by atoms with Crippen LogP contribution >= 0.6 is 0 Å².